The molecule has 0 aliphatic carbocycles. The first kappa shape index (κ1) is 13.2. The van der Waals surface area contributed by atoms with Crippen molar-refractivity contribution >= 4 is 5.95 Å². The predicted octanol–water partition coefficient (Wildman–Crippen LogP) is -0.528. The Bertz CT molecular complexity index is 396. The molecular weight excluding hydrogens is 232 g/mol. The van der Waals surface area contributed by atoms with Gasteiger partial charge >= 0.3 is 0 Å². The van der Waals surface area contributed by atoms with Gasteiger partial charge in [-0.1, -0.05) is 0 Å². The Kier molecular flexibility index (Phi) is 3.79. The fourth-order valence-electron chi connectivity index (χ4n) is 2.12. The largest absolute Gasteiger partial charge is 0.393 e. The third kappa shape index (κ3) is 2.95. The minimum atomic E-state index is -0.940. The van der Waals surface area contributed by atoms with Crippen LogP contribution in [0.5, 0.6) is 0 Å². The van der Waals surface area contributed by atoms with Crippen molar-refractivity contribution < 1.29 is 10.2 Å². The Hall–Kier alpha value is -1.24. The van der Waals surface area contributed by atoms with Gasteiger partial charge in [0.1, 0.15) is 5.60 Å². The number of aliphatic hydroxyl groups excluding tert-OH is 1. The second-order valence-corrected chi connectivity index (χ2v) is 5.13. The van der Waals surface area contributed by atoms with Gasteiger partial charge in [0.2, 0.25) is 5.95 Å². The highest BCUT2D eigenvalue weighted by Crippen LogP contribution is 2.22. The molecule has 1 aliphatic rings. The van der Waals surface area contributed by atoms with E-state index < -0.39 is 5.60 Å². The average molecular weight is 252 g/mol. The molecule has 2 N–H and O–H groups in total. The van der Waals surface area contributed by atoms with Crippen molar-refractivity contribution in [3.63, 3.8) is 0 Å². The van der Waals surface area contributed by atoms with E-state index in [9.17, 15) is 5.11 Å². The first-order chi connectivity index (χ1) is 8.52. The summed E-state index contributed by atoms with van der Waals surface area (Å²) in [5, 5.41) is 19.0. The number of aromatic nitrogens is 2. The molecule has 0 saturated carbocycles. The molecule has 0 amide bonds. The summed E-state index contributed by atoms with van der Waals surface area (Å²) in [5.74, 6) is 0.687. The van der Waals surface area contributed by atoms with E-state index in [-0.39, 0.29) is 6.61 Å². The summed E-state index contributed by atoms with van der Waals surface area (Å²) in [6, 6.07) is 0. The van der Waals surface area contributed by atoms with Crippen molar-refractivity contribution in [3.05, 3.63) is 18.0 Å². The van der Waals surface area contributed by atoms with Crippen molar-refractivity contribution in [1.29, 1.82) is 0 Å². The maximum Gasteiger partial charge on any atom is 0.224 e. The fourth-order valence-corrected chi connectivity index (χ4v) is 2.12. The maximum atomic E-state index is 9.94. The monoisotopic (exact) mass is 252 g/mol. The molecule has 1 fully saturated rings. The van der Waals surface area contributed by atoms with Crippen LogP contribution in [-0.4, -0.2) is 64.5 Å². The van der Waals surface area contributed by atoms with Gasteiger partial charge in [-0.2, -0.15) is 0 Å². The predicted molar refractivity (Wildman–Crippen MR) is 68.3 cm³/mol. The molecule has 1 aromatic heterocycles. The Labute approximate surface area is 107 Å². The summed E-state index contributed by atoms with van der Waals surface area (Å²) in [7, 11) is 3.80. The maximum absolute atomic E-state index is 9.94. The second-order valence-electron chi connectivity index (χ2n) is 5.13. The van der Waals surface area contributed by atoms with Crippen molar-refractivity contribution in [3.8, 4) is 0 Å². The van der Waals surface area contributed by atoms with Crippen LogP contribution in [0.2, 0.25) is 0 Å². The highest BCUT2D eigenvalue weighted by Gasteiger charge is 2.35. The van der Waals surface area contributed by atoms with Crippen LogP contribution in [0.4, 0.5) is 5.95 Å². The molecular formula is C12H20N4O2. The molecule has 0 unspecified atom stereocenters. The molecule has 6 heteroatoms. The van der Waals surface area contributed by atoms with E-state index in [1.165, 1.54) is 0 Å². The molecule has 0 bridgehead atoms. The van der Waals surface area contributed by atoms with Crippen LogP contribution in [0.1, 0.15) is 12.0 Å². The van der Waals surface area contributed by atoms with E-state index >= 15 is 0 Å². The number of nitrogens with zero attached hydrogens (tertiary/aromatic N) is 4. The van der Waals surface area contributed by atoms with Gasteiger partial charge in [0.25, 0.3) is 0 Å². The zero-order chi connectivity index (χ0) is 13.2. The number of likely N-dealkylation sites (tertiary alicyclic amines) is 1. The lowest BCUT2D eigenvalue weighted by Gasteiger charge is -2.20. The van der Waals surface area contributed by atoms with Gasteiger partial charge in [0.05, 0.1) is 6.61 Å². The highest BCUT2D eigenvalue weighted by molar-refractivity contribution is 5.26. The topological polar surface area (TPSA) is 72.7 Å². The lowest BCUT2D eigenvalue weighted by atomic mass is 10.1. The van der Waals surface area contributed by atoms with Crippen LogP contribution >= 0.6 is 0 Å². The lowest BCUT2D eigenvalue weighted by Crippen LogP contribution is -2.36. The standard InChI is InChI=1S/C12H20N4O2/c1-15(2)11-13-5-10(6-14-11)7-16-4-3-12(18,8-16)9-17/h5-6,17-18H,3-4,7-9H2,1-2H3/t12-/m0/s1. The van der Waals surface area contributed by atoms with Crippen LogP contribution in [0, 0.1) is 0 Å². The average Bonchev–Trinajstić information content (AvgIpc) is 2.72. The Balaban J connectivity index is 1.94. The van der Waals surface area contributed by atoms with E-state index in [2.05, 4.69) is 14.9 Å². The molecule has 18 heavy (non-hydrogen) atoms. The number of hydrogen-bond donors (Lipinski definition) is 2. The van der Waals surface area contributed by atoms with Crippen LogP contribution in [0.3, 0.4) is 0 Å². The molecule has 0 spiro atoms. The number of hydrogen-bond acceptors (Lipinski definition) is 6. The Morgan fingerprint density at radius 2 is 2.06 bits per heavy atom. The van der Waals surface area contributed by atoms with Crippen molar-refractivity contribution in [2.45, 2.75) is 18.6 Å². The number of anilines is 1. The molecule has 1 aromatic rings. The first-order valence-corrected chi connectivity index (χ1v) is 6.06. The fraction of sp³-hybridized carbons (Fsp3) is 0.667. The summed E-state index contributed by atoms with van der Waals surface area (Å²) in [5.41, 5.74) is 0.0764. The molecule has 100 valence electrons. The highest BCUT2D eigenvalue weighted by atomic mass is 16.3. The molecule has 0 aromatic carbocycles. The summed E-state index contributed by atoms with van der Waals surface area (Å²) < 4.78 is 0. The van der Waals surface area contributed by atoms with Crippen molar-refractivity contribution in [1.82, 2.24) is 14.9 Å². The van der Waals surface area contributed by atoms with Gasteiger partial charge in [0.15, 0.2) is 0 Å². The van der Waals surface area contributed by atoms with Crippen LogP contribution in [0.25, 0.3) is 0 Å². The molecule has 6 nitrogen and oxygen atoms in total. The van der Waals surface area contributed by atoms with Gasteiger partial charge in [0, 0.05) is 51.7 Å². The first-order valence-electron chi connectivity index (χ1n) is 6.06. The third-order valence-corrected chi connectivity index (χ3v) is 3.20. The van der Waals surface area contributed by atoms with E-state index in [1.54, 1.807) is 12.4 Å². The SMILES string of the molecule is CN(C)c1ncc(CN2CC[C@@](O)(CO)C2)cn1. The zero-order valence-electron chi connectivity index (χ0n) is 10.9. The molecule has 1 aliphatic heterocycles. The van der Waals surface area contributed by atoms with E-state index in [0.29, 0.717) is 25.5 Å². The normalized spacial score (nSPS) is 24.4. The summed E-state index contributed by atoms with van der Waals surface area (Å²) in [4.78, 5) is 12.5. The summed E-state index contributed by atoms with van der Waals surface area (Å²) >= 11 is 0. The minimum absolute atomic E-state index is 0.181. The summed E-state index contributed by atoms with van der Waals surface area (Å²) in [6.07, 6.45) is 4.22. The van der Waals surface area contributed by atoms with Gasteiger partial charge in [-0.05, 0) is 6.42 Å². The van der Waals surface area contributed by atoms with E-state index in [1.807, 2.05) is 19.0 Å². The van der Waals surface area contributed by atoms with Gasteiger partial charge in [-0.3, -0.25) is 4.90 Å². The molecule has 2 heterocycles. The quantitative estimate of drug-likeness (QED) is 0.750. The molecule has 0 radical (unpaired) electrons. The minimum Gasteiger partial charge on any atom is -0.393 e. The Morgan fingerprint density at radius 1 is 1.39 bits per heavy atom. The van der Waals surface area contributed by atoms with Crippen LogP contribution in [-0.2, 0) is 6.54 Å². The molecule has 1 atom stereocenters. The third-order valence-electron chi connectivity index (χ3n) is 3.20. The summed E-state index contributed by atoms with van der Waals surface area (Å²) in [6.45, 7) is 1.81. The molecule has 1 saturated heterocycles. The second kappa shape index (κ2) is 5.17. The lowest BCUT2D eigenvalue weighted by molar-refractivity contribution is -0.00581. The number of aliphatic hydroxyl groups is 2. The Morgan fingerprint density at radius 3 is 2.56 bits per heavy atom. The number of β-amino-alcohol motifs (C(OH)–C–C–N with tert-alkyl or cyclic N) is 1. The van der Waals surface area contributed by atoms with E-state index in [0.717, 1.165) is 12.1 Å². The smallest absolute Gasteiger partial charge is 0.224 e. The van der Waals surface area contributed by atoms with Gasteiger partial charge in [-0.15, -0.1) is 0 Å². The molecule has 2 rings (SSSR count). The number of rotatable bonds is 4. The van der Waals surface area contributed by atoms with Crippen molar-refractivity contribution in [2.24, 2.45) is 0 Å². The van der Waals surface area contributed by atoms with Crippen LogP contribution in [0.15, 0.2) is 12.4 Å². The van der Waals surface area contributed by atoms with Crippen LogP contribution < -0.4 is 4.90 Å². The van der Waals surface area contributed by atoms with Gasteiger partial charge in [-0.25, -0.2) is 9.97 Å². The zero-order valence-corrected chi connectivity index (χ0v) is 10.9. The van der Waals surface area contributed by atoms with Gasteiger partial charge < -0.3 is 15.1 Å². The van der Waals surface area contributed by atoms with Crippen molar-refractivity contribution in [2.75, 3.05) is 38.7 Å². The van der Waals surface area contributed by atoms with E-state index in [4.69, 9.17) is 5.11 Å².